The summed E-state index contributed by atoms with van der Waals surface area (Å²) in [6.07, 6.45) is 5.51. The molecule has 0 aromatic heterocycles. The number of anilines is 1. The number of nitrogens with one attached hydrogen (secondary N) is 1. The van der Waals surface area contributed by atoms with Crippen molar-refractivity contribution in [3.05, 3.63) is 28.3 Å². The maximum Gasteiger partial charge on any atom is 0.293 e. The van der Waals surface area contributed by atoms with E-state index in [0.29, 0.717) is 24.8 Å². The van der Waals surface area contributed by atoms with Crippen LogP contribution in [0.1, 0.15) is 38.5 Å². The summed E-state index contributed by atoms with van der Waals surface area (Å²) in [5.74, 6) is 0. The first kappa shape index (κ1) is 21.5. The van der Waals surface area contributed by atoms with Crippen molar-refractivity contribution in [2.45, 2.75) is 55.5 Å². The Morgan fingerprint density at radius 2 is 1.80 bits per heavy atom. The highest BCUT2D eigenvalue weighted by molar-refractivity contribution is 7.89. The second-order valence-corrected chi connectivity index (χ2v) is 10.3. The molecule has 3 heterocycles. The predicted octanol–water partition coefficient (Wildman–Crippen LogP) is 2.43. The molecule has 0 amide bonds. The van der Waals surface area contributed by atoms with E-state index in [1.165, 1.54) is 16.4 Å². The molecule has 0 spiro atoms. The fraction of sp³-hybridized carbons (Fsp3) is 0.700. The summed E-state index contributed by atoms with van der Waals surface area (Å²) in [7, 11) is -3.70. The van der Waals surface area contributed by atoms with E-state index in [1.54, 1.807) is 6.07 Å². The van der Waals surface area contributed by atoms with Crippen molar-refractivity contribution in [2.75, 3.05) is 44.7 Å². The standard InChI is InChI=1S/C20H30N4O5S/c25-24(26)20-14-18(30(27,28)23-9-2-1-3-10-23)4-5-19(20)21-16-6-11-22(12-7-16)17-8-13-29-15-17/h4-5,14,16-17,21H,1-3,6-13,15H2/t17-/m0/s1. The van der Waals surface area contributed by atoms with Crippen molar-refractivity contribution in [3.63, 3.8) is 0 Å². The van der Waals surface area contributed by atoms with Gasteiger partial charge in [-0.15, -0.1) is 0 Å². The normalized spacial score (nSPS) is 24.7. The Morgan fingerprint density at radius 1 is 1.07 bits per heavy atom. The maximum atomic E-state index is 12.9. The topological polar surface area (TPSA) is 105 Å². The Labute approximate surface area is 177 Å². The fourth-order valence-electron chi connectivity index (χ4n) is 4.64. The van der Waals surface area contributed by atoms with Crippen molar-refractivity contribution in [1.29, 1.82) is 0 Å². The molecule has 3 fully saturated rings. The third-order valence-corrected chi connectivity index (χ3v) is 8.32. The molecule has 3 saturated heterocycles. The second kappa shape index (κ2) is 9.17. The van der Waals surface area contributed by atoms with Crippen LogP contribution in [0.5, 0.6) is 0 Å². The molecule has 1 aromatic carbocycles. The molecule has 9 nitrogen and oxygen atoms in total. The van der Waals surface area contributed by atoms with Gasteiger partial charge in [0.05, 0.1) is 16.4 Å². The molecule has 0 unspecified atom stereocenters. The Hall–Kier alpha value is -1.75. The average molecular weight is 439 g/mol. The van der Waals surface area contributed by atoms with E-state index in [1.807, 2.05) is 0 Å². The van der Waals surface area contributed by atoms with Crippen LogP contribution in [0, 0.1) is 10.1 Å². The third-order valence-electron chi connectivity index (χ3n) is 6.43. The Balaban J connectivity index is 1.45. The van der Waals surface area contributed by atoms with E-state index in [0.717, 1.165) is 64.8 Å². The number of hydrogen-bond acceptors (Lipinski definition) is 7. The van der Waals surface area contributed by atoms with Crippen LogP contribution < -0.4 is 5.32 Å². The van der Waals surface area contributed by atoms with Crippen LogP contribution in [0.15, 0.2) is 23.1 Å². The van der Waals surface area contributed by atoms with Gasteiger partial charge in [-0.3, -0.25) is 15.0 Å². The van der Waals surface area contributed by atoms with E-state index < -0.39 is 14.9 Å². The fourth-order valence-corrected chi connectivity index (χ4v) is 6.18. The lowest BCUT2D eigenvalue weighted by molar-refractivity contribution is -0.384. The smallest absolute Gasteiger partial charge is 0.293 e. The van der Waals surface area contributed by atoms with E-state index in [-0.39, 0.29) is 16.6 Å². The van der Waals surface area contributed by atoms with Gasteiger partial charge in [0.1, 0.15) is 5.69 Å². The highest BCUT2D eigenvalue weighted by Gasteiger charge is 2.31. The van der Waals surface area contributed by atoms with Gasteiger partial charge in [0, 0.05) is 50.9 Å². The van der Waals surface area contributed by atoms with Gasteiger partial charge in [-0.05, 0) is 44.2 Å². The molecule has 0 aliphatic carbocycles. The zero-order valence-corrected chi connectivity index (χ0v) is 18.0. The third kappa shape index (κ3) is 4.61. The zero-order valence-electron chi connectivity index (χ0n) is 17.2. The lowest BCUT2D eigenvalue weighted by atomic mass is 10.0. The molecule has 3 aliphatic heterocycles. The molecule has 1 aromatic rings. The lowest BCUT2D eigenvalue weighted by Gasteiger charge is -2.35. The number of piperidine rings is 2. The van der Waals surface area contributed by atoms with Gasteiger partial charge in [0.2, 0.25) is 10.0 Å². The largest absolute Gasteiger partial charge is 0.380 e. The first-order chi connectivity index (χ1) is 14.4. The molecule has 1 N–H and O–H groups in total. The molecule has 166 valence electrons. The second-order valence-electron chi connectivity index (χ2n) is 8.37. The lowest BCUT2D eigenvalue weighted by Crippen LogP contribution is -2.44. The average Bonchev–Trinajstić information content (AvgIpc) is 3.30. The number of hydrogen-bond donors (Lipinski definition) is 1. The molecule has 10 heteroatoms. The van der Waals surface area contributed by atoms with E-state index in [2.05, 4.69) is 10.2 Å². The summed E-state index contributed by atoms with van der Waals surface area (Å²) in [5, 5.41) is 15.0. The zero-order chi connectivity index (χ0) is 21.1. The van der Waals surface area contributed by atoms with Crippen LogP contribution in [-0.2, 0) is 14.8 Å². The van der Waals surface area contributed by atoms with E-state index >= 15 is 0 Å². The van der Waals surface area contributed by atoms with Crippen LogP contribution in [-0.4, -0.2) is 74.0 Å². The van der Waals surface area contributed by atoms with E-state index in [9.17, 15) is 18.5 Å². The highest BCUT2D eigenvalue weighted by atomic mass is 32.2. The van der Waals surface area contributed by atoms with Gasteiger partial charge in [0.15, 0.2) is 0 Å². The summed E-state index contributed by atoms with van der Waals surface area (Å²) in [4.78, 5) is 13.6. The maximum absolute atomic E-state index is 12.9. The molecule has 4 rings (SSSR count). The van der Waals surface area contributed by atoms with Crippen molar-refractivity contribution >= 4 is 21.4 Å². The Kier molecular flexibility index (Phi) is 6.57. The Bertz CT molecular complexity index is 858. The molecule has 1 atom stereocenters. The number of nitro benzene ring substituents is 1. The van der Waals surface area contributed by atoms with Gasteiger partial charge in [-0.25, -0.2) is 8.42 Å². The number of nitro groups is 1. The first-order valence-corrected chi connectivity index (χ1v) is 12.3. The SMILES string of the molecule is O=[N+]([O-])c1cc(S(=O)(=O)N2CCCCC2)ccc1NC1CCN([C@H]2CCOC2)CC1. The van der Waals surface area contributed by atoms with Gasteiger partial charge < -0.3 is 10.1 Å². The molecule has 3 aliphatic rings. The van der Waals surface area contributed by atoms with Crippen LogP contribution in [0.4, 0.5) is 11.4 Å². The molecule has 0 saturated carbocycles. The summed E-state index contributed by atoms with van der Waals surface area (Å²) >= 11 is 0. The number of sulfonamides is 1. The monoisotopic (exact) mass is 438 g/mol. The summed E-state index contributed by atoms with van der Waals surface area (Å²) < 4.78 is 32.7. The van der Waals surface area contributed by atoms with Crippen LogP contribution in [0.2, 0.25) is 0 Å². The van der Waals surface area contributed by atoms with Crippen molar-refractivity contribution in [2.24, 2.45) is 0 Å². The molecule has 0 bridgehead atoms. The van der Waals surface area contributed by atoms with Crippen molar-refractivity contribution in [3.8, 4) is 0 Å². The molecule has 30 heavy (non-hydrogen) atoms. The minimum absolute atomic E-state index is 0.00213. The summed E-state index contributed by atoms with van der Waals surface area (Å²) in [6.45, 7) is 4.42. The van der Waals surface area contributed by atoms with Gasteiger partial charge in [-0.2, -0.15) is 4.31 Å². The minimum Gasteiger partial charge on any atom is -0.380 e. The summed E-state index contributed by atoms with van der Waals surface area (Å²) in [5.41, 5.74) is 0.208. The number of ether oxygens (including phenoxy) is 1. The number of rotatable bonds is 6. The van der Waals surface area contributed by atoms with Crippen LogP contribution in [0.25, 0.3) is 0 Å². The molecule has 0 radical (unpaired) electrons. The quantitative estimate of drug-likeness (QED) is 0.537. The van der Waals surface area contributed by atoms with Crippen LogP contribution >= 0.6 is 0 Å². The predicted molar refractivity (Wildman–Crippen MR) is 113 cm³/mol. The Morgan fingerprint density at radius 3 is 2.43 bits per heavy atom. The van der Waals surface area contributed by atoms with Gasteiger partial charge in [0.25, 0.3) is 5.69 Å². The number of nitrogens with zero attached hydrogens (tertiary/aromatic N) is 3. The first-order valence-electron chi connectivity index (χ1n) is 10.8. The highest BCUT2D eigenvalue weighted by Crippen LogP contribution is 2.31. The van der Waals surface area contributed by atoms with Crippen molar-refractivity contribution < 1.29 is 18.1 Å². The molecular weight excluding hydrogens is 408 g/mol. The van der Waals surface area contributed by atoms with Gasteiger partial charge in [-0.1, -0.05) is 6.42 Å². The van der Waals surface area contributed by atoms with Crippen molar-refractivity contribution in [1.82, 2.24) is 9.21 Å². The minimum atomic E-state index is -3.70. The summed E-state index contributed by atoms with van der Waals surface area (Å²) in [6, 6.07) is 4.86. The van der Waals surface area contributed by atoms with Gasteiger partial charge >= 0.3 is 0 Å². The van der Waals surface area contributed by atoms with E-state index in [4.69, 9.17) is 4.74 Å². The number of benzene rings is 1. The molecular formula is C20H30N4O5S. The van der Waals surface area contributed by atoms with Crippen LogP contribution in [0.3, 0.4) is 0 Å². The number of likely N-dealkylation sites (tertiary alicyclic amines) is 1.